The summed E-state index contributed by atoms with van der Waals surface area (Å²) in [7, 11) is -3.02. The summed E-state index contributed by atoms with van der Waals surface area (Å²) in [4.78, 5) is 14.7. The Balaban J connectivity index is 1.89. The van der Waals surface area contributed by atoms with Gasteiger partial charge >= 0.3 is 183 Å². The summed E-state index contributed by atoms with van der Waals surface area (Å²) in [5, 5.41) is 5.40. The quantitative estimate of drug-likeness (QED) is 0.334. The third kappa shape index (κ3) is 3.28. The molecule has 0 radical (unpaired) electrons. The second-order valence-corrected chi connectivity index (χ2v) is 11.4. The van der Waals surface area contributed by atoms with Crippen LogP contribution in [0.25, 0.3) is 10.8 Å². The zero-order chi connectivity index (χ0) is 21.1. The summed E-state index contributed by atoms with van der Waals surface area (Å²) in [5.74, 6) is 0. The summed E-state index contributed by atoms with van der Waals surface area (Å²) in [6, 6.07) is 45.2. The average Bonchev–Trinajstić information content (AvgIpc) is 2.86. The molecule has 5 aromatic carbocycles. The van der Waals surface area contributed by atoms with Gasteiger partial charge in [0.2, 0.25) is 0 Å². The van der Waals surface area contributed by atoms with E-state index in [-0.39, 0.29) is 5.52 Å². The van der Waals surface area contributed by atoms with Crippen LogP contribution in [0.3, 0.4) is 0 Å². The van der Waals surface area contributed by atoms with Crippen LogP contribution in [-0.4, -0.2) is 5.52 Å². The van der Waals surface area contributed by atoms with Crippen molar-refractivity contribution >= 4 is 39.5 Å². The standard InChI is InChI=1S/C29H23OP/c30-29(28-22-12-14-23-13-10-11-21-27(23)28)31(24-15-4-1-5-16-24,25-17-6-2-7-18-25)26-19-8-3-9-20-26/h1-22,31H. The van der Waals surface area contributed by atoms with Gasteiger partial charge in [0.05, 0.1) is 0 Å². The van der Waals surface area contributed by atoms with Crippen molar-refractivity contribution in [1.82, 2.24) is 0 Å². The van der Waals surface area contributed by atoms with Gasteiger partial charge in [-0.15, -0.1) is 0 Å². The van der Waals surface area contributed by atoms with E-state index >= 15 is 0 Å². The molecule has 0 aliphatic carbocycles. The van der Waals surface area contributed by atoms with Gasteiger partial charge in [0.25, 0.3) is 0 Å². The van der Waals surface area contributed by atoms with Crippen LogP contribution >= 0.6 is 7.26 Å². The first kappa shape index (κ1) is 19.4. The van der Waals surface area contributed by atoms with E-state index in [0.717, 1.165) is 32.2 Å². The van der Waals surface area contributed by atoms with Crippen LogP contribution in [-0.2, 0) is 0 Å². The fourth-order valence-corrected chi connectivity index (χ4v) is 9.07. The molecule has 0 fully saturated rings. The Morgan fingerprint density at radius 1 is 0.452 bits per heavy atom. The average molecular weight is 418 g/mol. The van der Waals surface area contributed by atoms with E-state index in [1.807, 2.05) is 78.9 Å². The Hall–Kier alpha value is -3.54. The van der Waals surface area contributed by atoms with Gasteiger partial charge in [-0.05, 0) is 0 Å². The molecule has 150 valence electrons. The zero-order valence-corrected chi connectivity index (χ0v) is 18.1. The SMILES string of the molecule is O=C(c1cccc2ccccc12)[PH](c1ccccc1)(c1ccccc1)c1ccccc1. The normalized spacial score (nSPS) is 11.9. The molecule has 2 heteroatoms. The van der Waals surface area contributed by atoms with Crippen LogP contribution in [0.2, 0.25) is 0 Å². The summed E-state index contributed by atoms with van der Waals surface area (Å²) >= 11 is 0. The van der Waals surface area contributed by atoms with Gasteiger partial charge in [0.1, 0.15) is 0 Å². The van der Waals surface area contributed by atoms with Gasteiger partial charge in [-0.25, -0.2) is 0 Å². The molecule has 0 unspecified atom stereocenters. The first-order valence-electron chi connectivity index (χ1n) is 10.5. The van der Waals surface area contributed by atoms with Crippen molar-refractivity contribution in [2.75, 3.05) is 0 Å². The maximum atomic E-state index is 14.7. The van der Waals surface area contributed by atoms with E-state index in [4.69, 9.17) is 0 Å². The monoisotopic (exact) mass is 418 g/mol. The van der Waals surface area contributed by atoms with E-state index in [1.165, 1.54) is 0 Å². The maximum absolute atomic E-state index is 14.7. The van der Waals surface area contributed by atoms with Crippen LogP contribution in [0.4, 0.5) is 0 Å². The van der Waals surface area contributed by atoms with E-state index < -0.39 is 7.26 Å². The Labute approximate surface area is 183 Å². The molecular weight excluding hydrogens is 395 g/mol. The molecule has 5 rings (SSSR count). The van der Waals surface area contributed by atoms with E-state index in [0.29, 0.717) is 0 Å². The number of benzene rings is 5. The Kier molecular flexibility index (Phi) is 5.20. The predicted molar refractivity (Wildman–Crippen MR) is 135 cm³/mol. The van der Waals surface area contributed by atoms with Gasteiger partial charge in [-0.2, -0.15) is 0 Å². The minimum absolute atomic E-state index is 0.216. The van der Waals surface area contributed by atoms with Crippen molar-refractivity contribution < 1.29 is 4.79 Å². The molecule has 0 N–H and O–H groups in total. The Morgan fingerprint density at radius 2 is 0.871 bits per heavy atom. The molecule has 0 atom stereocenters. The van der Waals surface area contributed by atoms with Crippen molar-refractivity contribution in [3.8, 4) is 0 Å². The molecule has 0 aromatic heterocycles. The van der Waals surface area contributed by atoms with Crippen LogP contribution < -0.4 is 15.9 Å². The second kappa shape index (κ2) is 8.30. The molecule has 1 nitrogen and oxygen atoms in total. The van der Waals surface area contributed by atoms with E-state index in [9.17, 15) is 4.79 Å². The number of rotatable bonds is 5. The van der Waals surface area contributed by atoms with Crippen molar-refractivity contribution in [3.63, 3.8) is 0 Å². The first-order chi connectivity index (χ1) is 15.3. The minimum atomic E-state index is -3.02. The molecular formula is C29H23OP. The summed E-state index contributed by atoms with van der Waals surface area (Å²) < 4.78 is 0. The summed E-state index contributed by atoms with van der Waals surface area (Å²) in [5.41, 5.74) is 1.01. The van der Waals surface area contributed by atoms with E-state index in [2.05, 4.69) is 54.6 Å². The summed E-state index contributed by atoms with van der Waals surface area (Å²) in [6.07, 6.45) is 0. The number of hydrogen-bond donors (Lipinski definition) is 0. The third-order valence-electron chi connectivity index (χ3n) is 6.00. The summed E-state index contributed by atoms with van der Waals surface area (Å²) in [6.45, 7) is 0. The van der Waals surface area contributed by atoms with E-state index in [1.54, 1.807) is 0 Å². The molecule has 0 aliphatic rings. The van der Waals surface area contributed by atoms with Crippen molar-refractivity contribution in [3.05, 3.63) is 139 Å². The molecule has 0 bridgehead atoms. The van der Waals surface area contributed by atoms with Crippen molar-refractivity contribution in [2.45, 2.75) is 0 Å². The van der Waals surface area contributed by atoms with Gasteiger partial charge in [-0.3, -0.25) is 0 Å². The Morgan fingerprint density at radius 3 is 1.39 bits per heavy atom. The molecule has 0 spiro atoms. The number of carbonyl (C=O) groups excluding carboxylic acids is 1. The van der Waals surface area contributed by atoms with Gasteiger partial charge in [-0.1, -0.05) is 0 Å². The predicted octanol–water partition coefficient (Wildman–Crippen LogP) is 5.71. The molecule has 0 amide bonds. The number of hydrogen-bond acceptors (Lipinski definition) is 1. The van der Waals surface area contributed by atoms with Gasteiger partial charge < -0.3 is 0 Å². The van der Waals surface area contributed by atoms with Crippen LogP contribution in [0, 0.1) is 0 Å². The first-order valence-corrected chi connectivity index (χ1v) is 12.5. The molecule has 0 saturated heterocycles. The van der Waals surface area contributed by atoms with Gasteiger partial charge in [0.15, 0.2) is 0 Å². The van der Waals surface area contributed by atoms with Crippen molar-refractivity contribution in [1.29, 1.82) is 0 Å². The molecule has 0 heterocycles. The fourth-order valence-electron chi connectivity index (χ4n) is 4.58. The number of carbonyl (C=O) groups is 1. The van der Waals surface area contributed by atoms with Gasteiger partial charge in [0, 0.05) is 0 Å². The number of fused-ring (bicyclic) bond motifs is 1. The van der Waals surface area contributed by atoms with Crippen LogP contribution in [0.5, 0.6) is 0 Å². The molecule has 31 heavy (non-hydrogen) atoms. The molecule has 5 aromatic rings. The fraction of sp³-hybridized carbons (Fsp3) is 0. The molecule has 0 aliphatic heterocycles. The van der Waals surface area contributed by atoms with Crippen LogP contribution in [0.15, 0.2) is 133 Å². The topological polar surface area (TPSA) is 17.1 Å². The Bertz CT molecular complexity index is 1230. The zero-order valence-electron chi connectivity index (χ0n) is 17.1. The van der Waals surface area contributed by atoms with Crippen LogP contribution in [0.1, 0.15) is 10.4 Å². The third-order valence-corrected chi connectivity index (χ3v) is 10.5. The molecule has 0 saturated carbocycles. The second-order valence-electron chi connectivity index (χ2n) is 7.70. The van der Waals surface area contributed by atoms with Crippen molar-refractivity contribution in [2.24, 2.45) is 0 Å².